The molecular weight excluding hydrogens is 428 g/mol. The Morgan fingerprint density at radius 1 is 0.969 bits per heavy atom. The van der Waals surface area contributed by atoms with Gasteiger partial charge in [0.05, 0.1) is 36.1 Å². The molecule has 0 spiro atoms. The zero-order valence-electron chi connectivity index (χ0n) is 17.6. The number of aryl methyl sites for hydroxylation is 1. The van der Waals surface area contributed by atoms with Crippen molar-refractivity contribution in [3.05, 3.63) is 66.1 Å². The first-order valence-electron chi connectivity index (χ1n) is 9.87. The zero-order valence-corrected chi connectivity index (χ0v) is 18.4. The van der Waals surface area contributed by atoms with Gasteiger partial charge in [0.2, 0.25) is 16.0 Å². The Morgan fingerprint density at radius 3 is 2.50 bits per heavy atom. The van der Waals surface area contributed by atoms with E-state index in [0.717, 1.165) is 24.1 Å². The Kier molecular flexibility index (Phi) is 5.82. The molecule has 0 saturated carbocycles. The molecule has 0 amide bonds. The molecule has 0 saturated heterocycles. The number of nitrogens with two attached hydrogens (primary N) is 1. The van der Waals surface area contributed by atoms with E-state index in [1.807, 2.05) is 24.3 Å². The molecule has 3 aromatic heterocycles. The van der Waals surface area contributed by atoms with E-state index in [4.69, 9.17) is 5.73 Å². The lowest BCUT2D eigenvalue weighted by atomic mass is 10.1. The summed E-state index contributed by atoms with van der Waals surface area (Å²) in [5, 5.41) is 8.39. The van der Waals surface area contributed by atoms with Gasteiger partial charge in [-0.25, -0.2) is 23.1 Å². The number of nitrogens with one attached hydrogen (secondary N) is 1. The first kappa shape index (κ1) is 21.4. The van der Waals surface area contributed by atoms with Crippen molar-refractivity contribution >= 4 is 21.7 Å². The van der Waals surface area contributed by atoms with Gasteiger partial charge in [-0.3, -0.25) is 9.71 Å². The van der Waals surface area contributed by atoms with Gasteiger partial charge in [0.1, 0.15) is 5.69 Å². The van der Waals surface area contributed by atoms with Gasteiger partial charge in [-0.15, -0.1) is 5.10 Å². The molecule has 11 heteroatoms. The molecule has 164 valence electrons. The summed E-state index contributed by atoms with van der Waals surface area (Å²) in [6.07, 6.45) is 3.73. The van der Waals surface area contributed by atoms with Crippen LogP contribution in [0.15, 0.2) is 54.7 Å². The van der Waals surface area contributed by atoms with Crippen LogP contribution in [0.1, 0.15) is 18.3 Å². The van der Waals surface area contributed by atoms with E-state index in [0.29, 0.717) is 34.9 Å². The Balaban J connectivity index is 1.62. The van der Waals surface area contributed by atoms with Crippen LogP contribution in [0.3, 0.4) is 0 Å². The van der Waals surface area contributed by atoms with Gasteiger partial charge in [0.25, 0.3) is 0 Å². The molecule has 1 aromatic carbocycles. The van der Waals surface area contributed by atoms with Crippen LogP contribution >= 0.6 is 0 Å². The van der Waals surface area contributed by atoms with Crippen LogP contribution in [0.2, 0.25) is 0 Å². The Morgan fingerprint density at radius 2 is 1.72 bits per heavy atom. The zero-order chi connectivity index (χ0) is 22.7. The molecule has 0 radical (unpaired) electrons. The maximum absolute atomic E-state index is 11.5. The second-order valence-corrected chi connectivity index (χ2v) is 8.98. The second kappa shape index (κ2) is 8.71. The van der Waals surface area contributed by atoms with E-state index < -0.39 is 10.0 Å². The number of hydrogen-bond acceptors (Lipinski definition) is 8. The monoisotopic (exact) mass is 450 g/mol. The molecule has 0 bridgehead atoms. The number of pyridine rings is 1. The van der Waals surface area contributed by atoms with Gasteiger partial charge in [0.15, 0.2) is 0 Å². The van der Waals surface area contributed by atoms with Crippen molar-refractivity contribution in [3.8, 4) is 22.6 Å². The fraction of sp³-hybridized carbons (Fsp3) is 0.190. The van der Waals surface area contributed by atoms with Gasteiger partial charge in [-0.2, -0.15) is 0 Å². The highest BCUT2D eigenvalue weighted by molar-refractivity contribution is 7.92. The minimum Gasteiger partial charge on any atom is -0.368 e. The largest absolute Gasteiger partial charge is 0.368 e. The van der Waals surface area contributed by atoms with E-state index in [1.165, 1.54) is 0 Å². The molecule has 0 atom stereocenters. The van der Waals surface area contributed by atoms with Crippen molar-refractivity contribution in [1.29, 1.82) is 0 Å². The van der Waals surface area contributed by atoms with Gasteiger partial charge < -0.3 is 5.73 Å². The Hall–Kier alpha value is -3.86. The van der Waals surface area contributed by atoms with Gasteiger partial charge in [-0.05, 0) is 36.8 Å². The van der Waals surface area contributed by atoms with E-state index >= 15 is 0 Å². The number of benzene rings is 1. The SMILES string of the molecule is CCc1cccc(Cn2cc(-c3cc(-c4cccc(NS(C)(=O)=O)c4)nc(N)n3)nn2)n1. The van der Waals surface area contributed by atoms with Crippen LogP contribution in [0.4, 0.5) is 11.6 Å². The van der Waals surface area contributed by atoms with Gasteiger partial charge in [0, 0.05) is 16.9 Å². The molecule has 0 aliphatic carbocycles. The van der Waals surface area contributed by atoms with Crippen LogP contribution in [-0.2, 0) is 23.0 Å². The van der Waals surface area contributed by atoms with Crippen LogP contribution in [0, 0.1) is 0 Å². The van der Waals surface area contributed by atoms with Crippen molar-refractivity contribution in [2.75, 3.05) is 16.7 Å². The fourth-order valence-electron chi connectivity index (χ4n) is 3.17. The maximum atomic E-state index is 11.5. The number of nitrogens with zero attached hydrogens (tertiary/aromatic N) is 6. The third-order valence-electron chi connectivity index (χ3n) is 4.56. The standard InChI is InChI=1S/C21H22N8O2S/c1-3-15-7-5-9-17(23-15)12-29-13-20(26-28-29)19-11-18(24-21(22)25-19)14-6-4-8-16(10-14)27-32(2,30)31/h4-11,13,27H,3,12H2,1-2H3,(H2,22,24,25). The highest BCUT2D eigenvalue weighted by Gasteiger charge is 2.12. The molecule has 10 nitrogen and oxygen atoms in total. The maximum Gasteiger partial charge on any atom is 0.229 e. The first-order valence-corrected chi connectivity index (χ1v) is 11.8. The summed E-state index contributed by atoms with van der Waals surface area (Å²) in [6.45, 7) is 2.54. The summed E-state index contributed by atoms with van der Waals surface area (Å²) in [6, 6.07) is 14.5. The second-order valence-electron chi connectivity index (χ2n) is 7.23. The predicted molar refractivity (Wildman–Crippen MR) is 122 cm³/mol. The molecular formula is C21H22N8O2S. The van der Waals surface area contributed by atoms with Gasteiger partial charge >= 0.3 is 0 Å². The van der Waals surface area contributed by atoms with Crippen LogP contribution in [0.5, 0.6) is 0 Å². The quantitative estimate of drug-likeness (QED) is 0.437. The third kappa shape index (κ3) is 5.24. The number of rotatable bonds is 7. The first-order chi connectivity index (χ1) is 15.3. The van der Waals surface area contributed by atoms with Crippen LogP contribution in [0.25, 0.3) is 22.6 Å². The van der Waals surface area contributed by atoms with Crippen molar-refractivity contribution in [3.63, 3.8) is 0 Å². The highest BCUT2D eigenvalue weighted by Crippen LogP contribution is 2.25. The molecule has 4 rings (SSSR count). The van der Waals surface area contributed by atoms with Crippen molar-refractivity contribution < 1.29 is 8.42 Å². The lowest BCUT2D eigenvalue weighted by molar-refractivity contribution is 0.607. The molecule has 0 fully saturated rings. The number of aromatic nitrogens is 6. The van der Waals surface area contributed by atoms with Crippen molar-refractivity contribution in [2.24, 2.45) is 0 Å². The van der Waals surface area contributed by atoms with E-state index in [9.17, 15) is 8.42 Å². The van der Waals surface area contributed by atoms with Crippen LogP contribution < -0.4 is 10.5 Å². The van der Waals surface area contributed by atoms with Gasteiger partial charge in [-0.1, -0.05) is 30.3 Å². The fourth-order valence-corrected chi connectivity index (χ4v) is 3.73. The summed E-state index contributed by atoms with van der Waals surface area (Å²) in [4.78, 5) is 13.2. The highest BCUT2D eigenvalue weighted by atomic mass is 32.2. The molecule has 0 aliphatic rings. The third-order valence-corrected chi connectivity index (χ3v) is 5.16. The Bertz CT molecular complexity index is 1370. The lowest BCUT2D eigenvalue weighted by Crippen LogP contribution is -2.09. The minimum absolute atomic E-state index is 0.0749. The topological polar surface area (TPSA) is 142 Å². The van der Waals surface area contributed by atoms with E-state index in [-0.39, 0.29) is 5.95 Å². The molecule has 3 heterocycles. The predicted octanol–water partition coefficient (Wildman–Crippen LogP) is 2.36. The average molecular weight is 451 g/mol. The average Bonchev–Trinajstić information content (AvgIpc) is 3.21. The Labute approximate surface area is 185 Å². The lowest BCUT2D eigenvalue weighted by Gasteiger charge is -2.08. The molecule has 0 unspecified atom stereocenters. The molecule has 0 aliphatic heterocycles. The molecule has 4 aromatic rings. The number of hydrogen-bond donors (Lipinski definition) is 2. The number of anilines is 2. The number of sulfonamides is 1. The minimum atomic E-state index is -3.40. The summed E-state index contributed by atoms with van der Waals surface area (Å²) in [7, 11) is -3.40. The smallest absolute Gasteiger partial charge is 0.229 e. The molecule has 32 heavy (non-hydrogen) atoms. The summed E-state index contributed by atoms with van der Waals surface area (Å²) < 4.78 is 27.2. The molecule has 3 N–H and O–H groups in total. The normalized spacial score (nSPS) is 11.4. The van der Waals surface area contributed by atoms with E-state index in [2.05, 4.69) is 36.9 Å². The summed E-state index contributed by atoms with van der Waals surface area (Å²) in [5.74, 6) is 0.0749. The van der Waals surface area contributed by atoms with E-state index in [1.54, 1.807) is 35.1 Å². The summed E-state index contributed by atoms with van der Waals surface area (Å²) >= 11 is 0. The summed E-state index contributed by atoms with van der Waals surface area (Å²) in [5.41, 5.74) is 10.5. The van der Waals surface area contributed by atoms with Crippen molar-refractivity contribution in [1.82, 2.24) is 29.9 Å². The number of nitrogen functional groups attached to an aromatic ring is 1. The van der Waals surface area contributed by atoms with Crippen LogP contribution in [-0.4, -0.2) is 44.6 Å². The van der Waals surface area contributed by atoms with Crippen molar-refractivity contribution in [2.45, 2.75) is 19.9 Å².